The lowest BCUT2D eigenvalue weighted by Gasteiger charge is -2.42. The lowest BCUT2D eigenvalue weighted by atomic mass is 9.64. The normalized spacial score (nSPS) is 31.6. The van der Waals surface area contributed by atoms with Crippen LogP contribution in [0.3, 0.4) is 0 Å². The van der Waals surface area contributed by atoms with Gasteiger partial charge in [-0.2, -0.15) is 0 Å². The molecule has 0 aromatic carbocycles. The van der Waals surface area contributed by atoms with Gasteiger partial charge in [0.15, 0.2) is 0 Å². The molecule has 0 aliphatic heterocycles. The summed E-state index contributed by atoms with van der Waals surface area (Å²) in [6, 6.07) is 0. The third-order valence-electron chi connectivity index (χ3n) is 23.8. The van der Waals surface area contributed by atoms with Gasteiger partial charge >= 0.3 is 0 Å². The summed E-state index contributed by atoms with van der Waals surface area (Å²) in [4.78, 5) is 0. The predicted molar refractivity (Wildman–Crippen MR) is 372 cm³/mol. The van der Waals surface area contributed by atoms with Crippen molar-refractivity contribution in [1.29, 1.82) is 0 Å². The van der Waals surface area contributed by atoms with Gasteiger partial charge in [-0.15, -0.1) is 0 Å². The number of hydrogen-bond acceptors (Lipinski definition) is 0. The van der Waals surface area contributed by atoms with E-state index in [0.717, 1.165) is 166 Å². The quantitative estimate of drug-likeness (QED) is 0.120. The van der Waals surface area contributed by atoms with Crippen LogP contribution in [0.5, 0.6) is 0 Å². The van der Waals surface area contributed by atoms with Gasteiger partial charge in [-0.25, -0.2) is 0 Å². The molecule has 0 amide bonds. The molecule has 14 atom stereocenters. The van der Waals surface area contributed by atoms with Gasteiger partial charge in [0.05, 0.1) is 0 Å². The molecule has 7 aliphatic rings. The summed E-state index contributed by atoms with van der Waals surface area (Å²) < 4.78 is 0. The molecule has 0 heteroatoms. The first-order valence-electron chi connectivity index (χ1n) is 37.5. The van der Waals surface area contributed by atoms with Gasteiger partial charge in [-0.1, -0.05) is 270 Å². The Kier molecular flexibility index (Phi) is 40.7. The van der Waals surface area contributed by atoms with Crippen molar-refractivity contribution in [3.8, 4) is 0 Å². The maximum atomic E-state index is 2.42. The molecule has 0 heterocycles. The van der Waals surface area contributed by atoms with Crippen LogP contribution in [-0.4, -0.2) is 0 Å². The second-order valence-corrected chi connectivity index (χ2v) is 34.3. The Bertz CT molecular complexity index is 1380. The molecule has 0 N–H and O–H groups in total. The van der Waals surface area contributed by atoms with E-state index in [4.69, 9.17) is 0 Å². The van der Waals surface area contributed by atoms with E-state index in [1.807, 2.05) is 0 Å². The fraction of sp³-hybridized carbons (Fsp3) is 0.975. The third-order valence-corrected chi connectivity index (χ3v) is 23.8. The van der Waals surface area contributed by atoms with Gasteiger partial charge < -0.3 is 0 Å². The van der Waals surface area contributed by atoms with E-state index in [9.17, 15) is 0 Å². The molecular weight excluding hydrogens is 973 g/mol. The summed E-state index contributed by atoms with van der Waals surface area (Å²) in [5.41, 5.74) is 0. The Morgan fingerprint density at radius 1 is 0.160 bits per heavy atom. The molecule has 0 saturated heterocycles. The Morgan fingerprint density at radius 2 is 0.309 bits per heavy atom. The highest BCUT2D eigenvalue weighted by Crippen LogP contribution is 2.49. The van der Waals surface area contributed by atoms with Crippen LogP contribution in [-0.2, 0) is 0 Å². The number of rotatable bonds is 14. The third kappa shape index (κ3) is 29.5. The lowest BCUT2D eigenvalue weighted by molar-refractivity contribution is 0.0793. The minimum atomic E-state index is 0.849. The molecule has 14 unspecified atom stereocenters. The Morgan fingerprint density at radius 3 is 0.469 bits per heavy atom. The highest BCUT2D eigenvalue weighted by atomic mass is 14.5. The Balaban J connectivity index is 0.000000474. The van der Waals surface area contributed by atoms with E-state index in [2.05, 4.69) is 206 Å². The first-order chi connectivity index (χ1) is 37.9. The maximum Gasteiger partial charge on any atom is -0.0317 e. The van der Waals surface area contributed by atoms with Crippen molar-refractivity contribution in [2.75, 3.05) is 0 Å². The standard InChI is InChI=1S/C14H28.C13H26.C12H24.C12H22.C11H22.C10H20.C9H18/c1-11(2)13-9-7-5-6-8-10-14(13)12(3)4;1-10(2)12-8-6-5-7-9-13(12)11(3)4;2*1-9(2)11-7-5-6-8-12(11)10(3)4;1-8(2)10-6-5-7-11(10)9(3)4;1-7(2)9-5-6-10(9)8(3)4;1-6(2)8-5-9(8)7(3)4/h11-14H,5-10H2,1-4H3;10-13H,5-9H2,1-4H3;9-12H,5-8H2,1-4H3;5-6,9-12H,7-8H2,1-4H3;8-11H,5-7H2,1-4H3;7-10H,5-6H2,1-4H3;6-9H,5H2,1-4H3. The summed E-state index contributed by atoms with van der Waals surface area (Å²) in [7, 11) is 0. The van der Waals surface area contributed by atoms with Gasteiger partial charge in [-0.05, 0) is 249 Å². The van der Waals surface area contributed by atoms with Crippen LogP contribution >= 0.6 is 0 Å². The topological polar surface area (TPSA) is 0 Å². The van der Waals surface area contributed by atoms with Crippen LogP contribution < -0.4 is 0 Å². The van der Waals surface area contributed by atoms with Gasteiger partial charge in [0.1, 0.15) is 0 Å². The summed E-state index contributed by atoms with van der Waals surface area (Å²) in [5.74, 6) is 26.7. The molecule has 0 radical (unpaired) electrons. The molecular formula is C81H160. The first kappa shape index (κ1) is 78.8. The largest absolute Gasteiger partial charge is 0.0882 e. The van der Waals surface area contributed by atoms with Gasteiger partial charge in [0.2, 0.25) is 0 Å². The van der Waals surface area contributed by atoms with Gasteiger partial charge in [0, 0.05) is 0 Å². The molecule has 7 rings (SSSR count). The molecule has 0 spiro atoms. The van der Waals surface area contributed by atoms with Crippen molar-refractivity contribution >= 4 is 0 Å². The average molecular weight is 1130 g/mol. The first-order valence-corrected chi connectivity index (χ1v) is 37.5. The van der Waals surface area contributed by atoms with E-state index in [-0.39, 0.29) is 0 Å². The molecule has 7 aliphatic carbocycles. The molecule has 0 bridgehead atoms. The van der Waals surface area contributed by atoms with E-state index < -0.39 is 0 Å². The highest BCUT2D eigenvalue weighted by Gasteiger charge is 2.41. The average Bonchev–Trinajstić information content (AvgIpc) is 4.12. The van der Waals surface area contributed by atoms with Crippen LogP contribution in [0.4, 0.5) is 0 Å². The maximum absolute atomic E-state index is 2.42. The van der Waals surface area contributed by atoms with Crippen molar-refractivity contribution in [1.82, 2.24) is 0 Å². The van der Waals surface area contributed by atoms with Crippen molar-refractivity contribution in [2.45, 2.75) is 342 Å². The number of allylic oxidation sites excluding steroid dienone is 2. The van der Waals surface area contributed by atoms with Crippen LogP contribution in [0, 0.1) is 166 Å². The van der Waals surface area contributed by atoms with E-state index >= 15 is 0 Å². The molecule has 81 heavy (non-hydrogen) atoms. The lowest BCUT2D eigenvalue weighted by Crippen LogP contribution is -2.33. The zero-order valence-electron chi connectivity index (χ0n) is 61.6. The van der Waals surface area contributed by atoms with Gasteiger partial charge in [0.25, 0.3) is 0 Å². The smallest absolute Gasteiger partial charge is 0.0317 e. The number of hydrogen-bond donors (Lipinski definition) is 0. The molecule has 6 saturated carbocycles. The second-order valence-electron chi connectivity index (χ2n) is 34.3. The van der Waals surface area contributed by atoms with Crippen LogP contribution in [0.1, 0.15) is 342 Å². The summed E-state index contributed by atoms with van der Waals surface area (Å²) >= 11 is 0. The fourth-order valence-electron chi connectivity index (χ4n) is 18.1. The van der Waals surface area contributed by atoms with Gasteiger partial charge in [-0.3, -0.25) is 0 Å². The SMILES string of the molecule is CC(C)C1CC1C(C)C.CC(C)C1CC=CCC1C(C)C.CC(C)C1CCC1C(C)C.CC(C)C1CCCC1C(C)C.CC(C)C1CCCCC1C(C)C.CC(C)C1CCCCCC1C(C)C.CC(C)C1CCCCCCC1C(C)C. The summed E-state index contributed by atoms with van der Waals surface area (Å²) in [6.45, 7) is 66.6. The molecule has 6 fully saturated rings. The zero-order chi connectivity index (χ0) is 61.8. The van der Waals surface area contributed by atoms with Crippen molar-refractivity contribution in [2.24, 2.45) is 166 Å². The van der Waals surface area contributed by atoms with E-state index in [1.165, 1.54) is 148 Å². The molecule has 0 aromatic heterocycles. The van der Waals surface area contributed by atoms with Crippen molar-refractivity contribution in [3.63, 3.8) is 0 Å². The predicted octanol–water partition coefficient (Wildman–Crippen LogP) is 27.3. The zero-order valence-corrected chi connectivity index (χ0v) is 61.6. The Labute approximate surface area is 516 Å². The highest BCUT2D eigenvalue weighted by molar-refractivity contribution is 4.96. The minimum Gasteiger partial charge on any atom is -0.0882 e. The fourth-order valence-corrected chi connectivity index (χ4v) is 18.1. The minimum absolute atomic E-state index is 0.849. The summed E-state index contributed by atoms with van der Waals surface area (Å²) in [5, 5.41) is 0. The second kappa shape index (κ2) is 41.8. The molecule has 0 nitrogen and oxygen atoms in total. The summed E-state index contributed by atoms with van der Waals surface area (Å²) in [6.07, 6.45) is 38.5. The van der Waals surface area contributed by atoms with E-state index in [1.54, 1.807) is 0 Å². The Hall–Kier alpha value is -0.260. The molecule has 0 aromatic rings. The van der Waals surface area contributed by atoms with Crippen molar-refractivity contribution in [3.05, 3.63) is 12.2 Å². The van der Waals surface area contributed by atoms with Crippen LogP contribution in [0.2, 0.25) is 0 Å². The molecule has 484 valence electrons. The van der Waals surface area contributed by atoms with E-state index in [0.29, 0.717) is 0 Å². The van der Waals surface area contributed by atoms with Crippen LogP contribution in [0.25, 0.3) is 0 Å². The monoisotopic (exact) mass is 1130 g/mol. The van der Waals surface area contributed by atoms with Crippen LogP contribution in [0.15, 0.2) is 12.2 Å². The van der Waals surface area contributed by atoms with Crippen molar-refractivity contribution < 1.29 is 0 Å².